The molecule has 0 saturated carbocycles. The lowest BCUT2D eigenvalue weighted by Gasteiger charge is -2.32. The Kier molecular flexibility index (Phi) is 7.25. The van der Waals surface area contributed by atoms with Gasteiger partial charge in [0, 0.05) is 31.0 Å². The number of anilines is 2. The van der Waals surface area contributed by atoms with Crippen LogP contribution < -0.4 is 16.0 Å². The van der Waals surface area contributed by atoms with Gasteiger partial charge in [0.1, 0.15) is 0 Å². The number of piperidine rings is 1. The van der Waals surface area contributed by atoms with E-state index in [1.54, 1.807) is 4.90 Å². The van der Waals surface area contributed by atoms with Gasteiger partial charge in [0.25, 0.3) is 0 Å². The summed E-state index contributed by atoms with van der Waals surface area (Å²) in [6.07, 6.45) is 1.61. The van der Waals surface area contributed by atoms with Crippen LogP contribution in [0.15, 0.2) is 48.5 Å². The van der Waals surface area contributed by atoms with E-state index in [0.29, 0.717) is 13.1 Å². The molecule has 29 heavy (non-hydrogen) atoms. The van der Waals surface area contributed by atoms with Crippen molar-refractivity contribution in [1.29, 1.82) is 0 Å². The van der Waals surface area contributed by atoms with Crippen LogP contribution in [-0.4, -0.2) is 36.5 Å². The third kappa shape index (κ3) is 6.06. The second-order valence-corrected chi connectivity index (χ2v) is 7.55. The fourth-order valence-electron chi connectivity index (χ4n) is 3.57. The summed E-state index contributed by atoms with van der Waals surface area (Å²) in [5, 5.41) is 9.24. The van der Waals surface area contributed by atoms with E-state index in [1.807, 2.05) is 55.5 Å². The van der Waals surface area contributed by atoms with Gasteiger partial charge in [0.05, 0.1) is 5.92 Å². The van der Waals surface area contributed by atoms with Crippen LogP contribution in [0.5, 0.6) is 0 Å². The number of benzene rings is 2. The van der Waals surface area contributed by atoms with E-state index >= 15 is 0 Å². The van der Waals surface area contributed by atoms with Crippen molar-refractivity contribution in [2.45, 2.75) is 33.2 Å². The van der Waals surface area contributed by atoms with Crippen LogP contribution in [0.2, 0.25) is 0 Å². The predicted molar refractivity (Wildman–Crippen MR) is 117 cm³/mol. The summed E-state index contributed by atoms with van der Waals surface area (Å²) in [7, 11) is 0. The number of nitrogens with one attached hydrogen (secondary N) is 3. The average Bonchev–Trinajstić information content (AvgIpc) is 2.72. The molecule has 1 atom stereocenters. The van der Waals surface area contributed by atoms with E-state index in [-0.39, 0.29) is 17.9 Å². The Morgan fingerprint density at radius 1 is 1.07 bits per heavy atom. The van der Waals surface area contributed by atoms with Gasteiger partial charge in [-0.3, -0.25) is 4.79 Å². The standard InChI is InChI=1S/C23H30N4O2/c1-3-24-15-18-8-5-11-21(14-18)25-22(28)19-9-6-12-27(16-19)23(29)26-20-10-4-7-17(2)13-20/h4-5,7-8,10-11,13-14,19,24H,3,6,9,12,15-16H2,1-2H3,(H,25,28)(H,26,29). The van der Waals surface area contributed by atoms with Crippen molar-refractivity contribution in [3.8, 4) is 0 Å². The molecule has 1 heterocycles. The largest absolute Gasteiger partial charge is 0.326 e. The fraction of sp³-hybridized carbons (Fsp3) is 0.391. The van der Waals surface area contributed by atoms with Gasteiger partial charge >= 0.3 is 6.03 Å². The molecular weight excluding hydrogens is 364 g/mol. The molecule has 0 radical (unpaired) electrons. The summed E-state index contributed by atoms with van der Waals surface area (Å²) in [6, 6.07) is 15.4. The summed E-state index contributed by atoms with van der Waals surface area (Å²) < 4.78 is 0. The van der Waals surface area contributed by atoms with Gasteiger partial charge in [0.2, 0.25) is 5.91 Å². The molecule has 1 unspecified atom stereocenters. The highest BCUT2D eigenvalue weighted by molar-refractivity contribution is 5.94. The number of hydrogen-bond acceptors (Lipinski definition) is 3. The third-order valence-corrected chi connectivity index (χ3v) is 5.12. The van der Waals surface area contributed by atoms with Crippen molar-refractivity contribution in [2.75, 3.05) is 30.3 Å². The van der Waals surface area contributed by atoms with Gasteiger partial charge in [-0.1, -0.05) is 31.2 Å². The van der Waals surface area contributed by atoms with Gasteiger partial charge in [-0.15, -0.1) is 0 Å². The first kappa shape index (κ1) is 20.9. The molecule has 0 spiro atoms. The molecule has 3 amide bonds. The van der Waals surface area contributed by atoms with Crippen LogP contribution >= 0.6 is 0 Å². The number of carbonyl (C=O) groups is 2. The molecule has 2 aromatic rings. The highest BCUT2D eigenvalue weighted by Crippen LogP contribution is 2.21. The monoisotopic (exact) mass is 394 g/mol. The van der Waals surface area contributed by atoms with E-state index in [9.17, 15) is 9.59 Å². The second-order valence-electron chi connectivity index (χ2n) is 7.55. The van der Waals surface area contributed by atoms with E-state index in [1.165, 1.54) is 0 Å². The van der Waals surface area contributed by atoms with E-state index in [4.69, 9.17) is 0 Å². The Morgan fingerprint density at radius 3 is 2.59 bits per heavy atom. The normalized spacial score (nSPS) is 16.3. The number of aryl methyl sites for hydroxylation is 1. The summed E-state index contributed by atoms with van der Waals surface area (Å²) >= 11 is 0. The number of nitrogens with zero attached hydrogens (tertiary/aromatic N) is 1. The highest BCUT2D eigenvalue weighted by atomic mass is 16.2. The Hall–Kier alpha value is -2.86. The Balaban J connectivity index is 1.57. The molecule has 3 rings (SSSR count). The first-order valence-electron chi connectivity index (χ1n) is 10.3. The first-order chi connectivity index (χ1) is 14.0. The van der Waals surface area contributed by atoms with E-state index < -0.39 is 0 Å². The van der Waals surface area contributed by atoms with E-state index in [0.717, 1.165) is 48.4 Å². The first-order valence-corrected chi connectivity index (χ1v) is 10.3. The minimum atomic E-state index is -0.204. The number of likely N-dealkylation sites (tertiary alicyclic amines) is 1. The number of urea groups is 1. The molecule has 0 aromatic heterocycles. The number of rotatable bonds is 6. The maximum atomic E-state index is 12.8. The summed E-state index contributed by atoms with van der Waals surface area (Å²) in [5.74, 6) is -0.233. The van der Waals surface area contributed by atoms with Crippen LogP contribution in [0, 0.1) is 12.8 Å². The van der Waals surface area contributed by atoms with Crippen molar-refractivity contribution < 1.29 is 9.59 Å². The third-order valence-electron chi connectivity index (χ3n) is 5.12. The lowest BCUT2D eigenvalue weighted by Crippen LogP contribution is -2.45. The maximum absolute atomic E-state index is 12.8. The summed E-state index contributed by atoms with van der Waals surface area (Å²) in [6.45, 7) is 6.83. The van der Waals surface area contributed by atoms with E-state index in [2.05, 4.69) is 22.9 Å². The molecule has 6 heteroatoms. The number of carbonyl (C=O) groups excluding carboxylic acids is 2. The zero-order valence-corrected chi connectivity index (χ0v) is 17.2. The minimum absolute atomic E-state index is 0.0290. The molecule has 0 aliphatic carbocycles. The van der Waals surface area contributed by atoms with Gasteiger partial charge < -0.3 is 20.9 Å². The van der Waals surface area contributed by atoms with Crippen molar-refractivity contribution >= 4 is 23.3 Å². The van der Waals surface area contributed by atoms with Gasteiger partial charge in [0.15, 0.2) is 0 Å². The summed E-state index contributed by atoms with van der Waals surface area (Å²) in [5.41, 5.74) is 3.80. The average molecular weight is 395 g/mol. The van der Waals surface area contributed by atoms with Crippen LogP contribution in [0.4, 0.5) is 16.2 Å². The van der Waals surface area contributed by atoms with Crippen LogP contribution in [-0.2, 0) is 11.3 Å². The fourth-order valence-corrected chi connectivity index (χ4v) is 3.57. The van der Waals surface area contributed by atoms with Crippen molar-refractivity contribution in [1.82, 2.24) is 10.2 Å². The highest BCUT2D eigenvalue weighted by Gasteiger charge is 2.28. The van der Waals surface area contributed by atoms with Crippen LogP contribution in [0.3, 0.4) is 0 Å². The Bertz CT molecular complexity index is 852. The Morgan fingerprint density at radius 2 is 1.83 bits per heavy atom. The molecular formula is C23H30N4O2. The minimum Gasteiger partial charge on any atom is -0.326 e. The lowest BCUT2D eigenvalue weighted by molar-refractivity contribution is -0.121. The van der Waals surface area contributed by atoms with Gasteiger partial charge in [-0.2, -0.15) is 0 Å². The molecule has 1 aliphatic rings. The molecule has 6 nitrogen and oxygen atoms in total. The molecule has 1 saturated heterocycles. The molecule has 1 aliphatic heterocycles. The van der Waals surface area contributed by atoms with Crippen molar-refractivity contribution in [3.63, 3.8) is 0 Å². The molecule has 2 aromatic carbocycles. The number of hydrogen-bond donors (Lipinski definition) is 3. The quantitative estimate of drug-likeness (QED) is 0.694. The van der Waals surface area contributed by atoms with Crippen LogP contribution in [0.1, 0.15) is 30.9 Å². The zero-order chi connectivity index (χ0) is 20.6. The van der Waals surface area contributed by atoms with Crippen molar-refractivity contribution in [3.05, 3.63) is 59.7 Å². The van der Waals surface area contributed by atoms with Crippen LogP contribution in [0.25, 0.3) is 0 Å². The zero-order valence-electron chi connectivity index (χ0n) is 17.2. The van der Waals surface area contributed by atoms with Crippen molar-refractivity contribution in [2.24, 2.45) is 5.92 Å². The SMILES string of the molecule is CCNCc1cccc(NC(=O)C2CCCN(C(=O)Nc3cccc(C)c3)C2)c1. The predicted octanol–water partition coefficient (Wildman–Crippen LogP) is 3.99. The molecule has 3 N–H and O–H groups in total. The molecule has 1 fully saturated rings. The van der Waals surface area contributed by atoms with Gasteiger partial charge in [-0.05, 0) is 61.7 Å². The second kappa shape index (κ2) is 10.1. The number of amides is 3. The molecule has 0 bridgehead atoms. The smallest absolute Gasteiger partial charge is 0.321 e. The Labute approximate surface area is 172 Å². The topological polar surface area (TPSA) is 73.5 Å². The van der Waals surface area contributed by atoms with Gasteiger partial charge in [-0.25, -0.2) is 4.79 Å². The maximum Gasteiger partial charge on any atom is 0.321 e. The summed E-state index contributed by atoms with van der Waals surface area (Å²) in [4.78, 5) is 27.1. The molecule has 154 valence electrons. The lowest BCUT2D eigenvalue weighted by atomic mass is 9.97.